The van der Waals surface area contributed by atoms with Gasteiger partial charge < -0.3 is 9.32 Å². The van der Waals surface area contributed by atoms with E-state index in [0.29, 0.717) is 0 Å². The van der Waals surface area contributed by atoms with Crippen molar-refractivity contribution < 1.29 is 4.42 Å². The molecule has 0 aliphatic heterocycles. The minimum absolute atomic E-state index is 0.770. The molecule has 48 heavy (non-hydrogen) atoms. The van der Waals surface area contributed by atoms with Gasteiger partial charge in [0.1, 0.15) is 11.3 Å². The predicted molar refractivity (Wildman–Crippen MR) is 207 cm³/mol. The summed E-state index contributed by atoms with van der Waals surface area (Å²) < 4.78 is 6.55. The van der Waals surface area contributed by atoms with Crippen LogP contribution < -0.4 is 4.90 Å². The fourth-order valence-corrected chi connectivity index (χ4v) is 5.88. The smallest absolute Gasteiger partial charge is 0.136 e. The Morgan fingerprint density at radius 1 is 0.562 bits per heavy atom. The molecule has 0 amide bonds. The number of hydrogen-bond donors (Lipinski definition) is 0. The van der Waals surface area contributed by atoms with Crippen molar-refractivity contribution in [1.82, 2.24) is 0 Å². The molecule has 0 saturated carbocycles. The maximum atomic E-state index is 6.55. The van der Waals surface area contributed by atoms with Gasteiger partial charge in [-0.05, 0) is 75.5 Å². The summed E-state index contributed by atoms with van der Waals surface area (Å²) >= 11 is 0. The van der Waals surface area contributed by atoms with E-state index in [2.05, 4.69) is 153 Å². The normalized spacial score (nSPS) is 12.4. The standard InChI is InChI=1S/C46H37NO/c1-5-16-34(8-4)35(17-6-2)29-30-47(41-27-25-37(26-28-41)36-19-10-9-11-20-36)44-24-15-14-23-42(44)43(18-7-3)46-33-40-31-38-21-12-13-22-39(38)32-45(40)48-46/h5-33H,1-4H2/b30-29+,34-16+,35-17+,43-18-. The van der Waals surface area contributed by atoms with E-state index in [1.165, 1.54) is 10.9 Å². The van der Waals surface area contributed by atoms with E-state index in [-0.39, 0.29) is 0 Å². The molecule has 232 valence electrons. The number of para-hydroxylation sites is 1. The van der Waals surface area contributed by atoms with E-state index >= 15 is 0 Å². The molecular weight excluding hydrogens is 583 g/mol. The van der Waals surface area contributed by atoms with Gasteiger partial charge in [-0.1, -0.05) is 154 Å². The van der Waals surface area contributed by atoms with Crippen LogP contribution in [-0.2, 0) is 0 Å². The molecule has 1 aromatic heterocycles. The van der Waals surface area contributed by atoms with Crippen molar-refractivity contribution in [3.63, 3.8) is 0 Å². The zero-order valence-corrected chi connectivity index (χ0v) is 26.9. The molecule has 0 spiro atoms. The molecule has 6 aromatic rings. The number of rotatable bonds is 12. The van der Waals surface area contributed by atoms with E-state index < -0.39 is 0 Å². The van der Waals surface area contributed by atoms with Gasteiger partial charge in [-0.15, -0.1) is 0 Å². The molecule has 2 heteroatoms. The van der Waals surface area contributed by atoms with Crippen LogP contribution in [0.3, 0.4) is 0 Å². The van der Waals surface area contributed by atoms with E-state index in [1.807, 2.05) is 42.5 Å². The third kappa shape index (κ3) is 6.74. The van der Waals surface area contributed by atoms with Gasteiger partial charge in [-0.2, -0.15) is 0 Å². The number of benzene rings is 5. The summed E-state index contributed by atoms with van der Waals surface area (Å²) in [6.07, 6.45) is 17.3. The predicted octanol–water partition coefficient (Wildman–Crippen LogP) is 12.9. The van der Waals surface area contributed by atoms with Crippen LogP contribution in [0.1, 0.15) is 11.3 Å². The first-order valence-electron chi connectivity index (χ1n) is 15.9. The SMILES string of the molecule is C=C/C=C(\c1cc2cc3ccccc3cc2o1)c1ccccc1N(/C=C/C(=C\C=C)C(/C=C)=C/C=C)c1ccc(-c2ccccc2)cc1. The fraction of sp³-hybridized carbons (Fsp3) is 0. The lowest BCUT2D eigenvalue weighted by Crippen LogP contribution is -2.11. The highest BCUT2D eigenvalue weighted by atomic mass is 16.3. The summed E-state index contributed by atoms with van der Waals surface area (Å²) in [5.74, 6) is 0.770. The first kappa shape index (κ1) is 31.6. The molecule has 6 rings (SSSR count). The molecule has 0 unspecified atom stereocenters. The van der Waals surface area contributed by atoms with Crippen molar-refractivity contribution in [3.05, 3.63) is 225 Å². The molecule has 0 fully saturated rings. The molecule has 0 N–H and O–H groups in total. The van der Waals surface area contributed by atoms with Gasteiger partial charge in [0.05, 0.1) is 5.69 Å². The zero-order chi connectivity index (χ0) is 33.3. The summed E-state index contributed by atoms with van der Waals surface area (Å²) in [6, 6.07) is 42.1. The highest BCUT2D eigenvalue weighted by Crippen LogP contribution is 2.39. The number of anilines is 2. The summed E-state index contributed by atoms with van der Waals surface area (Å²) in [4.78, 5) is 2.20. The maximum absolute atomic E-state index is 6.55. The zero-order valence-electron chi connectivity index (χ0n) is 26.9. The molecule has 0 bridgehead atoms. The number of nitrogens with zero attached hydrogens (tertiary/aromatic N) is 1. The quantitative estimate of drug-likeness (QED) is 0.127. The van der Waals surface area contributed by atoms with Gasteiger partial charge in [-0.25, -0.2) is 0 Å². The van der Waals surface area contributed by atoms with Gasteiger partial charge in [0.25, 0.3) is 0 Å². The van der Waals surface area contributed by atoms with Crippen LogP contribution >= 0.6 is 0 Å². The van der Waals surface area contributed by atoms with Crippen LogP contribution in [0.5, 0.6) is 0 Å². The lowest BCUT2D eigenvalue weighted by Gasteiger charge is -2.25. The lowest BCUT2D eigenvalue weighted by atomic mass is 9.99. The summed E-state index contributed by atoms with van der Waals surface area (Å²) in [7, 11) is 0. The van der Waals surface area contributed by atoms with Crippen molar-refractivity contribution >= 4 is 38.7 Å². The van der Waals surface area contributed by atoms with Crippen molar-refractivity contribution in [1.29, 1.82) is 0 Å². The molecule has 0 radical (unpaired) electrons. The van der Waals surface area contributed by atoms with E-state index in [9.17, 15) is 0 Å². The first-order chi connectivity index (χ1) is 23.6. The van der Waals surface area contributed by atoms with E-state index in [1.54, 1.807) is 12.2 Å². The highest BCUT2D eigenvalue weighted by Gasteiger charge is 2.19. The Bertz CT molecular complexity index is 2180. The van der Waals surface area contributed by atoms with Crippen LogP contribution in [0.4, 0.5) is 11.4 Å². The second kappa shape index (κ2) is 14.8. The third-order valence-corrected chi connectivity index (χ3v) is 8.19. The van der Waals surface area contributed by atoms with Crippen molar-refractivity contribution in [2.24, 2.45) is 0 Å². The van der Waals surface area contributed by atoms with Crippen LogP contribution in [0, 0.1) is 0 Å². The first-order valence-corrected chi connectivity index (χ1v) is 15.9. The maximum Gasteiger partial charge on any atom is 0.136 e. The summed E-state index contributed by atoms with van der Waals surface area (Å²) in [6.45, 7) is 15.9. The fourth-order valence-electron chi connectivity index (χ4n) is 5.88. The monoisotopic (exact) mass is 619 g/mol. The van der Waals surface area contributed by atoms with Gasteiger partial charge in [0.15, 0.2) is 0 Å². The summed E-state index contributed by atoms with van der Waals surface area (Å²) in [5.41, 5.74) is 8.96. The Balaban J connectivity index is 1.50. The largest absolute Gasteiger partial charge is 0.456 e. The molecule has 0 atom stereocenters. The minimum Gasteiger partial charge on any atom is -0.456 e. The average Bonchev–Trinajstić information content (AvgIpc) is 3.55. The minimum atomic E-state index is 0.770. The second-order valence-electron chi connectivity index (χ2n) is 11.2. The van der Waals surface area contributed by atoms with E-state index in [0.717, 1.165) is 61.3 Å². The van der Waals surface area contributed by atoms with Gasteiger partial charge >= 0.3 is 0 Å². The van der Waals surface area contributed by atoms with Crippen LogP contribution in [0.15, 0.2) is 218 Å². The van der Waals surface area contributed by atoms with Gasteiger partial charge in [0.2, 0.25) is 0 Å². The second-order valence-corrected chi connectivity index (χ2v) is 11.2. The number of furan rings is 1. The molecule has 0 saturated heterocycles. The lowest BCUT2D eigenvalue weighted by molar-refractivity contribution is 0.601. The Kier molecular flexibility index (Phi) is 9.75. The van der Waals surface area contributed by atoms with E-state index in [4.69, 9.17) is 4.42 Å². The highest BCUT2D eigenvalue weighted by molar-refractivity contribution is 5.98. The molecule has 0 aliphatic carbocycles. The Labute approximate surface area is 283 Å². The number of allylic oxidation sites excluding steroid dienone is 10. The molecule has 5 aromatic carbocycles. The van der Waals surface area contributed by atoms with Gasteiger partial charge in [0, 0.05) is 28.4 Å². The molecule has 0 aliphatic rings. The molecule has 1 heterocycles. The van der Waals surface area contributed by atoms with Crippen molar-refractivity contribution in [3.8, 4) is 11.1 Å². The Hall–Kier alpha value is -6.38. The molecular formula is C46H37NO. The molecule has 2 nitrogen and oxygen atoms in total. The Morgan fingerprint density at radius 3 is 1.90 bits per heavy atom. The van der Waals surface area contributed by atoms with Crippen LogP contribution in [0.25, 0.3) is 38.4 Å². The summed E-state index contributed by atoms with van der Waals surface area (Å²) in [5, 5.41) is 3.37. The Morgan fingerprint density at radius 2 is 1.19 bits per heavy atom. The van der Waals surface area contributed by atoms with Crippen molar-refractivity contribution in [2.75, 3.05) is 4.90 Å². The van der Waals surface area contributed by atoms with Gasteiger partial charge in [-0.3, -0.25) is 0 Å². The average molecular weight is 620 g/mol. The van der Waals surface area contributed by atoms with Crippen LogP contribution in [0.2, 0.25) is 0 Å². The topological polar surface area (TPSA) is 16.4 Å². The van der Waals surface area contributed by atoms with Crippen LogP contribution in [-0.4, -0.2) is 0 Å². The number of hydrogen-bond acceptors (Lipinski definition) is 2. The number of fused-ring (bicyclic) bond motifs is 2. The van der Waals surface area contributed by atoms with Crippen molar-refractivity contribution in [2.45, 2.75) is 0 Å². The third-order valence-electron chi connectivity index (χ3n) is 8.19.